The molecule has 1 amide bonds. The van der Waals surface area contributed by atoms with Crippen molar-refractivity contribution in [3.05, 3.63) is 23.9 Å². The molecule has 0 aromatic carbocycles. The minimum atomic E-state index is -0.468. The van der Waals surface area contributed by atoms with Gasteiger partial charge in [0, 0.05) is 26.1 Å². The summed E-state index contributed by atoms with van der Waals surface area (Å²) in [6.45, 7) is 2.25. The molecule has 0 saturated carbocycles. The lowest BCUT2D eigenvalue weighted by atomic mass is 10.2. The highest BCUT2D eigenvalue weighted by Crippen LogP contribution is 2.11. The Morgan fingerprint density at radius 2 is 1.95 bits per heavy atom. The molecule has 2 heterocycles. The number of carbonyl (C=O) groups is 2. The predicted octanol–water partition coefficient (Wildman–Crippen LogP) is 2.07. The number of nitrogens with zero attached hydrogens (tertiary/aromatic N) is 2. The van der Waals surface area contributed by atoms with Crippen LogP contribution in [0.4, 0.5) is 5.82 Å². The van der Waals surface area contributed by atoms with Crippen molar-refractivity contribution < 1.29 is 14.3 Å². The lowest BCUT2D eigenvalue weighted by molar-refractivity contribution is -0.130. The van der Waals surface area contributed by atoms with Crippen molar-refractivity contribution in [2.24, 2.45) is 0 Å². The van der Waals surface area contributed by atoms with Crippen molar-refractivity contribution in [2.45, 2.75) is 32.1 Å². The van der Waals surface area contributed by atoms with Crippen molar-refractivity contribution >= 4 is 17.7 Å². The van der Waals surface area contributed by atoms with E-state index in [9.17, 15) is 9.59 Å². The average molecular weight is 305 g/mol. The molecule has 0 aliphatic carbocycles. The van der Waals surface area contributed by atoms with E-state index in [1.54, 1.807) is 18.2 Å². The van der Waals surface area contributed by atoms with Crippen LogP contribution in [0, 0.1) is 0 Å². The molecule has 22 heavy (non-hydrogen) atoms. The van der Waals surface area contributed by atoms with Crippen LogP contribution in [-0.2, 0) is 9.53 Å². The lowest BCUT2D eigenvalue weighted by Crippen LogP contribution is -2.32. The summed E-state index contributed by atoms with van der Waals surface area (Å²) in [4.78, 5) is 29.7. The van der Waals surface area contributed by atoms with Crippen LogP contribution in [0.25, 0.3) is 0 Å². The molecule has 120 valence electrons. The highest BCUT2D eigenvalue weighted by molar-refractivity contribution is 5.87. The summed E-state index contributed by atoms with van der Waals surface area (Å²) in [5, 5.41) is 3.08. The van der Waals surface area contributed by atoms with Gasteiger partial charge in [-0.2, -0.15) is 0 Å². The van der Waals surface area contributed by atoms with Gasteiger partial charge in [-0.1, -0.05) is 18.9 Å². The van der Waals surface area contributed by atoms with Gasteiger partial charge in [-0.3, -0.25) is 4.79 Å². The Kier molecular flexibility index (Phi) is 6.18. The maximum Gasteiger partial charge on any atom is 0.356 e. The molecular formula is C16H23N3O3. The van der Waals surface area contributed by atoms with Crippen molar-refractivity contribution in [3.8, 4) is 0 Å². The summed E-state index contributed by atoms with van der Waals surface area (Å²) >= 11 is 0. The molecule has 0 atom stereocenters. The van der Waals surface area contributed by atoms with E-state index in [0.717, 1.165) is 25.9 Å². The molecule has 6 heteroatoms. The monoisotopic (exact) mass is 305 g/mol. The summed E-state index contributed by atoms with van der Waals surface area (Å²) in [5.74, 6) is 0.286. The largest absolute Gasteiger partial charge is 0.464 e. The first-order valence-electron chi connectivity index (χ1n) is 7.78. The van der Waals surface area contributed by atoms with E-state index in [2.05, 4.69) is 15.0 Å². The van der Waals surface area contributed by atoms with E-state index < -0.39 is 5.97 Å². The van der Waals surface area contributed by atoms with Crippen LogP contribution < -0.4 is 5.32 Å². The smallest absolute Gasteiger partial charge is 0.356 e. The van der Waals surface area contributed by atoms with E-state index in [1.165, 1.54) is 20.0 Å². The first-order chi connectivity index (χ1) is 10.7. The Labute approximate surface area is 130 Å². The molecule has 6 nitrogen and oxygen atoms in total. The first kappa shape index (κ1) is 16.3. The van der Waals surface area contributed by atoms with E-state index >= 15 is 0 Å². The molecule has 1 N–H and O–H groups in total. The van der Waals surface area contributed by atoms with Gasteiger partial charge in [0.2, 0.25) is 5.91 Å². The molecule has 0 unspecified atom stereocenters. The Morgan fingerprint density at radius 1 is 1.23 bits per heavy atom. The highest BCUT2D eigenvalue weighted by atomic mass is 16.5. The van der Waals surface area contributed by atoms with Crippen molar-refractivity contribution in [3.63, 3.8) is 0 Å². The van der Waals surface area contributed by atoms with Crippen LogP contribution >= 0.6 is 0 Å². The molecule has 1 saturated heterocycles. The maximum atomic E-state index is 12.2. The van der Waals surface area contributed by atoms with Crippen LogP contribution in [0.1, 0.15) is 42.6 Å². The zero-order chi connectivity index (χ0) is 15.8. The van der Waals surface area contributed by atoms with Crippen LogP contribution in [0.15, 0.2) is 18.2 Å². The molecule has 2 rings (SSSR count). The summed E-state index contributed by atoms with van der Waals surface area (Å²) in [6, 6.07) is 5.10. The predicted molar refractivity (Wildman–Crippen MR) is 83.7 cm³/mol. The second kappa shape index (κ2) is 8.36. The number of nitrogens with one attached hydrogen (secondary N) is 1. The number of aromatic nitrogens is 1. The molecule has 1 aliphatic rings. The number of ether oxygens (including phenoxy) is 1. The second-order valence-corrected chi connectivity index (χ2v) is 5.37. The van der Waals surface area contributed by atoms with Gasteiger partial charge < -0.3 is 15.0 Å². The summed E-state index contributed by atoms with van der Waals surface area (Å²) in [5.41, 5.74) is 0.256. The van der Waals surface area contributed by atoms with Gasteiger partial charge in [0.15, 0.2) is 5.69 Å². The van der Waals surface area contributed by atoms with Gasteiger partial charge in [0.25, 0.3) is 0 Å². The summed E-state index contributed by atoms with van der Waals surface area (Å²) in [7, 11) is 1.32. The van der Waals surface area contributed by atoms with Gasteiger partial charge in [0.05, 0.1) is 7.11 Å². The minimum Gasteiger partial charge on any atom is -0.464 e. The summed E-state index contributed by atoms with van der Waals surface area (Å²) < 4.78 is 4.64. The van der Waals surface area contributed by atoms with Crippen molar-refractivity contribution in [2.75, 3.05) is 32.1 Å². The second-order valence-electron chi connectivity index (χ2n) is 5.37. The number of carbonyl (C=O) groups excluding carboxylic acids is 2. The fourth-order valence-electron chi connectivity index (χ4n) is 2.53. The van der Waals surface area contributed by atoms with Crippen molar-refractivity contribution in [1.82, 2.24) is 9.88 Å². The molecular weight excluding hydrogens is 282 g/mol. The fourth-order valence-corrected chi connectivity index (χ4v) is 2.53. The Balaban J connectivity index is 1.80. The maximum absolute atomic E-state index is 12.2. The van der Waals surface area contributed by atoms with Crippen LogP contribution in [-0.4, -0.2) is 48.5 Å². The number of methoxy groups -OCH3 is 1. The normalized spacial score (nSPS) is 15.0. The number of amides is 1. The quantitative estimate of drug-likeness (QED) is 0.843. The third-order valence-electron chi connectivity index (χ3n) is 3.75. The molecule has 1 fully saturated rings. The highest BCUT2D eigenvalue weighted by Gasteiger charge is 2.15. The van der Waals surface area contributed by atoms with E-state index in [1.807, 2.05) is 4.90 Å². The minimum absolute atomic E-state index is 0.179. The van der Waals surface area contributed by atoms with Gasteiger partial charge in [-0.25, -0.2) is 9.78 Å². The number of pyridine rings is 1. The molecule has 1 aliphatic heterocycles. The van der Waals surface area contributed by atoms with E-state index in [4.69, 9.17) is 0 Å². The fraction of sp³-hybridized carbons (Fsp3) is 0.562. The number of likely N-dealkylation sites (tertiary alicyclic amines) is 1. The Hall–Kier alpha value is -2.11. The zero-order valence-electron chi connectivity index (χ0n) is 13.0. The average Bonchev–Trinajstić information content (AvgIpc) is 2.83. The van der Waals surface area contributed by atoms with Gasteiger partial charge in [-0.15, -0.1) is 0 Å². The zero-order valence-corrected chi connectivity index (χ0v) is 13.0. The number of hydrogen-bond acceptors (Lipinski definition) is 5. The number of rotatable bonds is 5. The number of anilines is 1. The molecule has 0 radical (unpaired) electrons. The van der Waals surface area contributed by atoms with Crippen LogP contribution in [0.5, 0.6) is 0 Å². The SMILES string of the molecule is COC(=O)c1cccc(NCCC(=O)N2CCCCCC2)n1. The third kappa shape index (κ3) is 4.72. The molecule has 0 bridgehead atoms. The van der Waals surface area contributed by atoms with Gasteiger partial charge in [-0.05, 0) is 25.0 Å². The topological polar surface area (TPSA) is 71.5 Å². The summed E-state index contributed by atoms with van der Waals surface area (Å²) in [6.07, 6.45) is 5.06. The molecule has 0 spiro atoms. The van der Waals surface area contributed by atoms with Crippen LogP contribution in [0.2, 0.25) is 0 Å². The molecule has 1 aromatic heterocycles. The van der Waals surface area contributed by atoms with E-state index in [-0.39, 0.29) is 11.6 Å². The van der Waals surface area contributed by atoms with E-state index in [0.29, 0.717) is 18.8 Å². The standard InChI is InChI=1S/C16H23N3O3/c1-22-16(21)13-7-6-8-14(18-13)17-10-9-15(20)19-11-4-2-3-5-12-19/h6-8H,2-5,9-12H2,1H3,(H,17,18). The Bertz CT molecular complexity index is 511. The Morgan fingerprint density at radius 3 is 2.64 bits per heavy atom. The van der Waals surface area contributed by atoms with Gasteiger partial charge in [0.1, 0.15) is 5.82 Å². The first-order valence-corrected chi connectivity index (χ1v) is 7.78. The number of hydrogen-bond donors (Lipinski definition) is 1. The van der Waals surface area contributed by atoms with Crippen LogP contribution in [0.3, 0.4) is 0 Å². The third-order valence-corrected chi connectivity index (χ3v) is 3.75. The van der Waals surface area contributed by atoms with Gasteiger partial charge >= 0.3 is 5.97 Å². The van der Waals surface area contributed by atoms with Crippen molar-refractivity contribution in [1.29, 1.82) is 0 Å². The number of esters is 1. The molecule has 1 aromatic rings. The lowest BCUT2D eigenvalue weighted by Gasteiger charge is -2.20.